The second-order valence-electron chi connectivity index (χ2n) is 4.61. The minimum Gasteiger partial charge on any atom is -0.508 e. The Morgan fingerprint density at radius 3 is 2.85 bits per heavy atom. The predicted molar refractivity (Wildman–Crippen MR) is 76.1 cm³/mol. The summed E-state index contributed by atoms with van der Waals surface area (Å²) in [7, 11) is 0. The van der Waals surface area contributed by atoms with Crippen molar-refractivity contribution in [2.24, 2.45) is 0 Å². The third-order valence-electron chi connectivity index (χ3n) is 3.18. The lowest BCUT2D eigenvalue weighted by Gasteiger charge is -2.18. The summed E-state index contributed by atoms with van der Waals surface area (Å²) in [5, 5.41) is 16.8. The summed E-state index contributed by atoms with van der Waals surface area (Å²) >= 11 is 0. The van der Waals surface area contributed by atoms with Gasteiger partial charge >= 0.3 is 0 Å². The molecule has 2 rings (SSSR count). The monoisotopic (exact) mass is 273 g/mol. The third-order valence-corrected chi connectivity index (χ3v) is 3.18. The van der Waals surface area contributed by atoms with E-state index in [1.807, 2.05) is 31.3 Å². The number of amides is 1. The van der Waals surface area contributed by atoms with Gasteiger partial charge in [0.05, 0.1) is 6.04 Å². The Bertz CT molecular complexity index is 552. The van der Waals surface area contributed by atoms with Gasteiger partial charge in [0.1, 0.15) is 5.75 Å². The van der Waals surface area contributed by atoms with E-state index in [-0.39, 0.29) is 17.7 Å². The van der Waals surface area contributed by atoms with Crippen LogP contribution < -0.4 is 5.32 Å². The van der Waals surface area contributed by atoms with Crippen LogP contribution in [-0.4, -0.2) is 20.8 Å². The van der Waals surface area contributed by atoms with Gasteiger partial charge in [-0.2, -0.15) is 5.10 Å². The highest BCUT2D eigenvalue weighted by Crippen LogP contribution is 2.25. The van der Waals surface area contributed by atoms with E-state index in [0.29, 0.717) is 13.0 Å². The van der Waals surface area contributed by atoms with E-state index < -0.39 is 0 Å². The van der Waals surface area contributed by atoms with Gasteiger partial charge < -0.3 is 10.4 Å². The summed E-state index contributed by atoms with van der Waals surface area (Å²) in [5.74, 6) is 0.169. The second-order valence-corrected chi connectivity index (χ2v) is 4.61. The van der Waals surface area contributed by atoms with E-state index in [2.05, 4.69) is 10.4 Å². The first kappa shape index (κ1) is 14.1. The fourth-order valence-electron chi connectivity index (χ4n) is 2.10. The van der Waals surface area contributed by atoms with Crippen LogP contribution in [0.5, 0.6) is 5.75 Å². The Morgan fingerprint density at radius 2 is 2.20 bits per heavy atom. The summed E-state index contributed by atoms with van der Waals surface area (Å²) < 4.78 is 1.72. The fourth-order valence-corrected chi connectivity index (χ4v) is 2.10. The molecule has 20 heavy (non-hydrogen) atoms. The van der Waals surface area contributed by atoms with Crippen LogP contribution in [0.15, 0.2) is 42.7 Å². The molecule has 1 aromatic carbocycles. The molecule has 5 heteroatoms. The molecule has 1 aromatic heterocycles. The molecule has 0 aliphatic carbocycles. The van der Waals surface area contributed by atoms with Crippen LogP contribution in [0.1, 0.15) is 31.4 Å². The number of carbonyl (C=O) groups excluding carboxylic acids is 1. The maximum atomic E-state index is 12.0. The van der Waals surface area contributed by atoms with Crippen molar-refractivity contribution in [3.8, 4) is 5.75 Å². The second kappa shape index (κ2) is 6.75. The van der Waals surface area contributed by atoms with Crippen molar-refractivity contribution in [2.45, 2.75) is 32.4 Å². The molecule has 0 radical (unpaired) electrons. The fraction of sp³-hybridized carbons (Fsp3) is 0.333. The van der Waals surface area contributed by atoms with Crippen molar-refractivity contribution >= 4 is 5.91 Å². The number of aromatic hydroxyl groups is 1. The van der Waals surface area contributed by atoms with Crippen LogP contribution in [0.4, 0.5) is 0 Å². The highest BCUT2D eigenvalue weighted by atomic mass is 16.3. The first-order valence-corrected chi connectivity index (χ1v) is 6.75. The first-order valence-electron chi connectivity index (χ1n) is 6.75. The molecule has 0 saturated heterocycles. The number of hydrogen-bond acceptors (Lipinski definition) is 3. The summed E-state index contributed by atoms with van der Waals surface area (Å²) in [4.78, 5) is 12.0. The number of para-hydroxylation sites is 1. The molecular weight excluding hydrogens is 254 g/mol. The molecular formula is C15H19N3O2. The van der Waals surface area contributed by atoms with E-state index in [9.17, 15) is 9.90 Å². The van der Waals surface area contributed by atoms with Crippen LogP contribution in [0.2, 0.25) is 0 Å². The topological polar surface area (TPSA) is 67.2 Å². The normalized spacial score (nSPS) is 12.1. The van der Waals surface area contributed by atoms with Gasteiger partial charge in [-0.25, -0.2) is 0 Å². The van der Waals surface area contributed by atoms with Crippen molar-refractivity contribution in [1.29, 1.82) is 0 Å². The molecule has 0 bridgehead atoms. The number of phenolic OH excluding ortho intramolecular Hbond substituents is 1. The number of rotatable bonds is 6. The largest absolute Gasteiger partial charge is 0.508 e. The number of benzene rings is 1. The molecule has 106 valence electrons. The van der Waals surface area contributed by atoms with Crippen LogP contribution in [0.25, 0.3) is 0 Å². The molecule has 0 fully saturated rings. The molecule has 1 unspecified atom stereocenters. The Kier molecular flexibility index (Phi) is 4.76. The van der Waals surface area contributed by atoms with E-state index in [4.69, 9.17) is 0 Å². The van der Waals surface area contributed by atoms with Gasteiger partial charge in [0.15, 0.2) is 0 Å². The van der Waals surface area contributed by atoms with E-state index in [1.54, 1.807) is 23.0 Å². The number of carbonyl (C=O) groups is 1. The zero-order valence-electron chi connectivity index (χ0n) is 11.5. The maximum Gasteiger partial charge on any atom is 0.222 e. The minimum atomic E-state index is -0.165. The average molecular weight is 273 g/mol. The molecule has 0 aliphatic heterocycles. The van der Waals surface area contributed by atoms with Crippen LogP contribution in [0.3, 0.4) is 0 Å². The van der Waals surface area contributed by atoms with E-state index >= 15 is 0 Å². The molecule has 5 nitrogen and oxygen atoms in total. The average Bonchev–Trinajstić information content (AvgIpc) is 2.97. The highest BCUT2D eigenvalue weighted by Gasteiger charge is 2.15. The van der Waals surface area contributed by atoms with Crippen LogP contribution >= 0.6 is 0 Å². The number of phenols is 1. The highest BCUT2D eigenvalue weighted by molar-refractivity contribution is 5.76. The molecule has 0 spiro atoms. The quantitative estimate of drug-likeness (QED) is 0.848. The number of hydrogen-bond donors (Lipinski definition) is 2. The van der Waals surface area contributed by atoms with Crippen molar-refractivity contribution in [3.05, 3.63) is 48.3 Å². The van der Waals surface area contributed by atoms with Crippen molar-refractivity contribution in [2.75, 3.05) is 0 Å². The van der Waals surface area contributed by atoms with Gasteiger partial charge in [0, 0.05) is 30.9 Å². The Hall–Kier alpha value is -2.30. The smallest absolute Gasteiger partial charge is 0.222 e. The number of nitrogens with one attached hydrogen (secondary N) is 1. The van der Waals surface area contributed by atoms with Crippen molar-refractivity contribution < 1.29 is 9.90 Å². The zero-order valence-corrected chi connectivity index (χ0v) is 11.5. The zero-order chi connectivity index (χ0) is 14.4. The Balaban J connectivity index is 1.93. The van der Waals surface area contributed by atoms with Gasteiger partial charge in [-0.1, -0.05) is 25.1 Å². The van der Waals surface area contributed by atoms with Crippen molar-refractivity contribution in [3.63, 3.8) is 0 Å². The lowest BCUT2D eigenvalue weighted by Crippen LogP contribution is -2.29. The summed E-state index contributed by atoms with van der Waals surface area (Å²) in [6.07, 6.45) is 4.61. The van der Waals surface area contributed by atoms with Gasteiger partial charge in [0.2, 0.25) is 5.91 Å². The summed E-state index contributed by atoms with van der Waals surface area (Å²) in [5.41, 5.74) is 0.752. The van der Waals surface area contributed by atoms with Crippen LogP contribution in [0, 0.1) is 0 Å². The van der Waals surface area contributed by atoms with Gasteiger partial charge in [0.25, 0.3) is 0 Å². The standard InChI is InChI=1S/C15H19N3O2/c1-2-13(12-6-3-4-7-14(12)19)17-15(20)8-11-18-10-5-9-16-18/h3-7,9-10,13,19H,2,8,11H2,1H3,(H,17,20). The third kappa shape index (κ3) is 3.60. The Morgan fingerprint density at radius 1 is 1.40 bits per heavy atom. The number of aromatic nitrogens is 2. The molecule has 2 aromatic rings. The number of aryl methyl sites for hydroxylation is 1. The van der Waals surface area contributed by atoms with Crippen LogP contribution in [-0.2, 0) is 11.3 Å². The van der Waals surface area contributed by atoms with Gasteiger partial charge in [-0.05, 0) is 18.6 Å². The van der Waals surface area contributed by atoms with E-state index in [0.717, 1.165) is 12.0 Å². The summed E-state index contributed by atoms with van der Waals surface area (Å²) in [6, 6.07) is 8.75. The maximum absolute atomic E-state index is 12.0. The van der Waals surface area contributed by atoms with E-state index in [1.165, 1.54) is 0 Å². The molecule has 1 amide bonds. The molecule has 1 heterocycles. The lowest BCUT2D eigenvalue weighted by atomic mass is 10.0. The predicted octanol–water partition coefficient (Wildman–Crippen LogP) is 2.25. The number of nitrogens with zero attached hydrogens (tertiary/aromatic N) is 2. The first-order chi connectivity index (χ1) is 9.70. The molecule has 1 atom stereocenters. The SMILES string of the molecule is CCC(NC(=O)CCn1cccn1)c1ccccc1O. The Labute approximate surface area is 118 Å². The minimum absolute atomic E-state index is 0.0457. The molecule has 2 N–H and O–H groups in total. The molecule has 0 aliphatic rings. The summed E-state index contributed by atoms with van der Waals surface area (Å²) in [6.45, 7) is 2.53. The molecule has 0 saturated carbocycles. The van der Waals surface area contributed by atoms with Gasteiger partial charge in [-0.3, -0.25) is 9.48 Å². The van der Waals surface area contributed by atoms with Gasteiger partial charge in [-0.15, -0.1) is 0 Å². The lowest BCUT2D eigenvalue weighted by molar-refractivity contribution is -0.122. The van der Waals surface area contributed by atoms with Crippen molar-refractivity contribution in [1.82, 2.24) is 15.1 Å².